The Bertz CT molecular complexity index is 986. The molecule has 3 amide bonds. The number of aromatic nitrogens is 2. The first kappa shape index (κ1) is 27.4. The number of nitrogens with two attached hydrogens (primary N) is 1. The van der Waals surface area contributed by atoms with Gasteiger partial charge in [0.15, 0.2) is 11.8 Å². The molecule has 194 valence electrons. The lowest BCUT2D eigenvalue weighted by Crippen LogP contribution is -2.73. The third kappa shape index (κ3) is 5.18. The number of fused-ring (bicyclic) bond motifs is 1. The Labute approximate surface area is 205 Å². The van der Waals surface area contributed by atoms with Crippen LogP contribution in [0.1, 0.15) is 76.2 Å². The van der Waals surface area contributed by atoms with Crippen molar-refractivity contribution in [3.05, 3.63) is 24.3 Å². The van der Waals surface area contributed by atoms with Crippen LogP contribution in [-0.2, 0) is 14.2 Å². The molecular formula is C23H37N5O6P+. The van der Waals surface area contributed by atoms with Crippen LogP contribution in [0.5, 0.6) is 0 Å². The van der Waals surface area contributed by atoms with E-state index in [1.165, 1.54) is 18.6 Å². The van der Waals surface area contributed by atoms with Gasteiger partial charge < -0.3 is 20.8 Å². The van der Waals surface area contributed by atoms with E-state index in [4.69, 9.17) is 5.73 Å². The maximum atomic E-state index is 14.6. The minimum Gasteiger partial charge on any atom is -0.364 e. The highest BCUT2D eigenvalue weighted by Crippen LogP contribution is 2.57. The van der Waals surface area contributed by atoms with Gasteiger partial charge in [-0.25, -0.2) is 14.3 Å². The molecule has 2 fully saturated rings. The number of rotatable bonds is 9. The quantitative estimate of drug-likeness (QED) is 0.287. The molecule has 0 radical (unpaired) electrons. The van der Waals surface area contributed by atoms with Gasteiger partial charge in [-0.3, -0.25) is 19.1 Å². The first-order valence-corrected chi connectivity index (χ1v) is 14.0. The molecule has 6 atom stereocenters. The maximum absolute atomic E-state index is 14.6. The summed E-state index contributed by atoms with van der Waals surface area (Å²) in [4.78, 5) is 69.3. The van der Waals surface area contributed by atoms with Gasteiger partial charge in [0.2, 0.25) is 0 Å². The van der Waals surface area contributed by atoms with Crippen LogP contribution in [0, 0.1) is 11.8 Å². The van der Waals surface area contributed by atoms with Crippen molar-refractivity contribution < 1.29 is 33.2 Å². The molecule has 1 saturated heterocycles. The molecule has 1 saturated carbocycles. The third-order valence-electron chi connectivity index (χ3n) is 7.61. The van der Waals surface area contributed by atoms with E-state index in [1.807, 2.05) is 0 Å². The molecule has 5 N–H and O–H groups in total. The summed E-state index contributed by atoms with van der Waals surface area (Å²) in [5.41, 5.74) is 5.86. The summed E-state index contributed by atoms with van der Waals surface area (Å²) in [6.45, 7) is 5.28. The Morgan fingerprint density at radius 3 is 2.46 bits per heavy atom. The van der Waals surface area contributed by atoms with Crippen molar-refractivity contribution in [1.29, 1.82) is 0 Å². The Morgan fingerprint density at radius 1 is 1.23 bits per heavy atom. The molecule has 1 aliphatic heterocycles. The summed E-state index contributed by atoms with van der Waals surface area (Å²) in [7, 11) is -4.85. The number of hydrogen-bond donors (Lipinski definition) is 4. The highest BCUT2D eigenvalue weighted by atomic mass is 31.2. The van der Waals surface area contributed by atoms with E-state index in [0.29, 0.717) is 19.3 Å². The van der Waals surface area contributed by atoms with E-state index in [0.717, 1.165) is 19.3 Å². The second kappa shape index (κ2) is 10.8. The maximum Gasteiger partial charge on any atom is 0.383 e. The molecule has 2 aliphatic rings. The van der Waals surface area contributed by atoms with Crippen molar-refractivity contribution >= 4 is 25.3 Å². The fraction of sp³-hybridized carbons (Fsp3) is 0.696. The summed E-state index contributed by atoms with van der Waals surface area (Å²) in [5.74, 6) is -3.84. The highest BCUT2D eigenvalue weighted by Gasteiger charge is 2.69. The number of carbonyl (C=O) groups is 3. The van der Waals surface area contributed by atoms with Crippen molar-refractivity contribution in [3.63, 3.8) is 0 Å². The van der Waals surface area contributed by atoms with Crippen molar-refractivity contribution in [2.75, 3.05) is 0 Å². The zero-order valence-corrected chi connectivity index (χ0v) is 21.4. The van der Waals surface area contributed by atoms with Crippen LogP contribution in [-0.4, -0.2) is 65.9 Å². The van der Waals surface area contributed by atoms with E-state index in [9.17, 15) is 28.7 Å². The predicted molar refractivity (Wildman–Crippen MR) is 127 cm³/mol. The van der Waals surface area contributed by atoms with Crippen molar-refractivity contribution in [2.45, 2.75) is 89.6 Å². The fourth-order valence-corrected chi connectivity index (χ4v) is 7.75. The van der Waals surface area contributed by atoms with Crippen LogP contribution in [0.2, 0.25) is 0 Å². The van der Waals surface area contributed by atoms with Gasteiger partial charge in [-0.05, 0) is 25.2 Å². The van der Waals surface area contributed by atoms with Gasteiger partial charge in [-0.1, -0.05) is 27.2 Å². The van der Waals surface area contributed by atoms with Crippen LogP contribution in [0.3, 0.4) is 0 Å². The molecule has 11 nitrogen and oxygen atoms in total. The SMILES string of the molecule is CCCC([N@@+]1(C(=O)[C@@H](NC(=O)c2cnccn2)C(C)C)[C@H](C(N)=O)C[C@@H]2CCCC[C@@H]21)P(=O)(O)O. The zero-order valence-electron chi connectivity index (χ0n) is 20.5. The lowest BCUT2D eigenvalue weighted by Gasteiger charge is -2.49. The molecule has 35 heavy (non-hydrogen) atoms. The van der Waals surface area contributed by atoms with E-state index >= 15 is 0 Å². The third-order valence-corrected chi connectivity index (χ3v) is 9.03. The summed E-state index contributed by atoms with van der Waals surface area (Å²) in [6.07, 6.45) is 7.84. The number of amides is 3. The molecular weight excluding hydrogens is 473 g/mol. The van der Waals surface area contributed by atoms with Crippen molar-refractivity contribution in [3.8, 4) is 0 Å². The average molecular weight is 511 g/mol. The highest BCUT2D eigenvalue weighted by molar-refractivity contribution is 7.52. The van der Waals surface area contributed by atoms with E-state index < -0.39 is 59.6 Å². The molecule has 3 rings (SSSR count). The van der Waals surface area contributed by atoms with Gasteiger partial charge in [0.25, 0.3) is 11.8 Å². The van der Waals surface area contributed by atoms with Crippen LogP contribution in [0.4, 0.5) is 0 Å². The summed E-state index contributed by atoms with van der Waals surface area (Å²) >= 11 is 0. The van der Waals surface area contributed by atoms with E-state index in [2.05, 4.69) is 15.3 Å². The van der Waals surface area contributed by atoms with Crippen molar-refractivity contribution in [1.82, 2.24) is 15.3 Å². The molecule has 0 spiro atoms. The van der Waals surface area contributed by atoms with Crippen LogP contribution >= 0.6 is 7.60 Å². The monoisotopic (exact) mass is 510 g/mol. The number of nitrogens with zero attached hydrogens (tertiary/aromatic N) is 3. The van der Waals surface area contributed by atoms with Gasteiger partial charge >= 0.3 is 13.5 Å². The van der Waals surface area contributed by atoms with Gasteiger partial charge in [-0.2, -0.15) is 0 Å². The second-order valence-corrected chi connectivity index (χ2v) is 11.9. The number of nitrogens with one attached hydrogen (secondary N) is 1. The molecule has 2 heterocycles. The second-order valence-electron chi connectivity index (χ2n) is 10.1. The Kier molecular flexibility index (Phi) is 8.47. The van der Waals surface area contributed by atoms with Gasteiger partial charge in [-0.15, -0.1) is 0 Å². The Morgan fingerprint density at radius 2 is 1.91 bits per heavy atom. The summed E-state index contributed by atoms with van der Waals surface area (Å²) < 4.78 is 12.3. The normalized spacial score (nSPS) is 28.2. The lowest BCUT2D eigenvalue weighted by atomic mass is 9.83. The first-order valence-electron chi connectivity index (χ1n) is 12.3. The van der Waals surface area contributed by atoms with Crippen LogP contribution in [0.25, 0.3) is 0 Å². The van der Waals surface area contributed by atoms with Gasteiger partial charge in [0.1, 0.15) is 17.8 Å². The fourth-order valence-electron chi connectivity index (χ4n) is 6.21. The minimum absolute atomic E-state index is 0.0148. The van der Waals surface area contributed by atoms with E-state index in [-0.39, 0.29) is 18.0 Å². The topological polar surface area (TPSA) is 173 Å². The minimum atomic E-state index is -4.85. The molecule has 1 aliphatic carbocycles. The Balaban J connectivity index is 2.18. The number of quaternary nitrogens is 1. The Hall–Kier alpha value is -2.20. The van der Waals surface area contributed by atoms with Gasteiger partial charge in [0.05, 0.1) is 6.20 Å². The zero-order chi connectivity index (χ0) is 26.0. The first-order chi connectivity index (χ1) is 16.5. The molecule has 1 aromatic rings. The largest absolute Gasteiger partial charge is 0.383 e. The summed E-state index contributed by atoms with van der Waals surface area (Å²) in [6, 6.07) is -2.64. The standard InChI is InChI=1S/C23H36N5O6P/c1-4-7-19(35(32,33)34)28(17-9-6-5-8-15(17)12-18(28)21(24)29)23(31)20(14(2)3)27-22(30)16-13-25-10-11-26-16/h10-11,13-15,17-20H,4-9,12H2,1-3H3,(H4-,24,27,29,30,32,33,34)/p+1/t15-,17-,18-,19?,20-,28-/m0/s1. The van der Waals surface area contributed by atoms with Gasteiger partial charge in [0, 0.05) is 37.6 Å². The smallest absolute Gasteiger partial charge is 0.364 e. The molecule has 0 bridgehead atoms. The number of carbonyl (C=O) groups excluding carboxylic acids is 3. The number of hydrogen-bond acceptors (Lipinski definition) is 6. The summed E-state index contributed by atoms with van der Waals surface area (Å²) in [5, 5.41) is 2.73. The number of primary amides is 1. The number of likely N-dealkylation sites (tertiary alicyclic amines) is 1. The molecule has 1 aromatic heterocycles. The lowest BCUT2D eigenvalue weighted by molar-refractivity contribution is -0.897. The molecule has 12 heteroatoms. The molecule has 0 aromatic carbocycles. The van der Waals surface area contributed by atoms with Crippen LogP contribution in [0.15, 0.2) is 18.6 Å². The van der Waals surface area contributed by atoms with E-state index in [1.54, 1.807) is 20.8 Å². The average Bonchev–Trinajstić information content (AvgIpc) is 3.16. The van der Waals surface area contributed by atoms with Crippen molar-refractivity contribution in [2.24, 2.45) is 17.6 Å². The van der Waals surface area contributed by atoms with Crippen LogP contribution < -0.4 is 11.1 Å². The molecule has 1 unspecified atom stereocenters. The predicted octanol–water partition coefficient (Wildman–Crippen LogP) is 1.69.